The van der Waals surface area contributed by atoms with Gasteiger partial charge in [0.25, 0.3) is 0 Å². The molecule has 0 amide bonds. The molecule has 146 valence electrons. The monoisotopic (exact) mass is 375 g/mol. The normalized spacial score (nSPS) is 18.5. The van der Waals surface area contributed by atoms with Gasteiger partial charge in [0.2, 0.25) is 0 Å². The first-order chi connectivity index (χ1) is 11.8. The van der Waals surface area contributed by atoms with Crippen molar-refractivity contribution in [3.05, 3.63) is 34.9 Å². The van der Waals surface area contributed by atoms with Gasteiger partial charge in [-0.2, -0.15) is 0 Å². The summed E-state index contributed by atoms with van der Waals surface area (Å²) in [7, 11) is -1.76. The molecule has 1 aliphatic rings. The van der Waals surface area contributed by atoms with Gasteiger partial charge in [-0.05, 0) is 74.9 Å². The van der Waals surface area contributed by atoms with E-state index in [0.717, 1.165) is 25.0 Å². The molecule has 1 heterocycles. The topological polar surface area (TPSA) is 41.8 Å². The molecule has 1 aliphatic heterocycles. The maximum Gasteiger partial charge on any atom is 0.192 e. The third-order valence-corrected chi connectivity index (χ3v) is 10.4. The van der Waals surface area contributed by atoms with E-state index in [1.165, 1.54) is 16.7 Å². The van der Waals surface area contributed by atoms with E-state index in [2.05, 4.69) is 59.0 Å². The van der Waals surface area contributed by atoms with Crippen LogP contribution in [0.1, 0.15) is 64.7 Å². The number of hydrogen-bond acceptors (Lipinski definition) is 3. The van der Waals surface area contributed by atoms with E-state index in [0.29, 0.717) is 6.61 Å². The Morgan fingerprint density at radius 3 is 2.42 bits per heavy atom. The highest BCUT2D eigenvalue weighted by molar-refractivity contribution is 6.74. The number of nitrogens with zero attached hydrogens (tertiary/aromatic N) is 1. The smallest absolute Gasteiger partial charge is 0.192 e. The van der Waals surface area contributed by atoms with Crippen molar-refractivity contribution in [3.8, 4) is 0 Å². The fraction of sp³-hybridized carbons (Fsp3) is 0.682. The number of aliphatic imine (C=N–C) groups is 1. The van der Waals surface area contributed by atoms with E-state index in [4.69, 9.17) is 9.42 Å². The van der Waals surface area contributed by atoms with Gasteiger partial charge in [-0.1, -0.05) is 39.0 Å². The summed E-state index contributed by atoms with van der Waals surface area (Å²) in [6.07, 6.45) is 2.60. The lowest BCUT2D eigenvalue weighted by molar-refractivity contribution is 0.0713. The van der Waals surface area contributed by atoms with Crippen LogP contribution in [0.4, 0.5) is 0 Å². The molecule has 0 bridgehead atoms. The van der Waals surface area contributed by atoms with E-state index >= 15 is 0 Å². The van der Waals surface area contributed by atoms with Crippen LogP contribution in [0.3, 0.4) is 0 Å². The fourth-order valence-electron chi connectivity index (χ4n) is 3.13. The molecule has 0 spiro atoms. The summed E-state index contributed by atoms with van der Waals surface area (Å²) in [5, 5.41) is 10.3. The van der Waals surface area contributed by atoms with Crippen LogP contribution in [0.25, 0.3) is 0 Å². The molecule has 2 rings (SSSR count). The number of hydrogen-bond donors (Lipinski definition) is 1. The van der Waals surface area contributed by atoms with Crippen LogP contribution < -0.4 is 0 Å². The van der Waals surface area contributed by atoms with E-state index in [1.54, 1.807) is 0 Å². The molecule has 26 heavy (non-hydrogen) atoms. The lowest BCUT2D eigenvalue weighted by Crippen LogP contribution is -2.43. The molecular formula is C22H37NO2Si. The van der Waals surface area contributed by atoms with E-state index in [1.807, 2.05) is 13.8 Å². The Kier molecular flexibility index (Phi) is 6.21. The third-order valence-electron chi connectivity index (χ3n) is 5.93. The molecule has 0 saturated heterocycles. The van der Waals surface area contributed by atoms with Gasteiger partial charge in [0, 0.05) is 5.71 Å². The molecule has 0 aliphatic carbocycles. The summed E-state index contributed by atoms with van der Waals surface area (Å²) in [5.41, 5.74) is 4.48. The van der Waals surface area contributed by atoms with Crippen molar-refractivity contribution in [1.82, 2.24) is 0 Å². The van der Waals surface area contributed by atoms with E-state index < -0.39 is 13.9 Å². The second-order valence-electron chi connectivity index (χ2n) is 9.90. The number of aryl methyl sites for hydroxylation is 1. The molecule has 0 radical (unpaired) electrons. The van der Waals surface area contributed by atoms with Crippen molar-refractivity contribution in [2.45, 2.75) is 90.6 Å². The van der Waals surface area contributed by atoms with Gasteiger partial charge in [0.1, 0.15) is 0 Å². The first-order valence-corrected chi connectivity index (χ1v) is 12.7. The van der Waals surface area contributed by atoms with Gasteiger partial charge >= 0.3 is 0 Å². The standard InChI is InChI=1S/C22H37NO2Si/c1-16-19-11-9-10-17(12-13-22(5,6)24)20(19)14-18(23-16)15-25-26(7,8)21(2,3)4/h9-11,18,24H,12-15H2,1-8H3. The molecule has 0 fully saturated rings. The number of rotatable bonds is 6. The molecule has 4 heteroatoms. The second-order valence-corrected chi connectivity index (χ2v) is 14.7. The van der Waals surface area contributed by atoms with Gasteiger partial charge in [-0.25, -0.2) is 0 Å². The minimum Gasteiger partial charge on any atom is -0.415 e. The Labute approximate surface area is 161 Å². The molecule has 3 nitrogen and oxygen atoms in total. The molecule has 1 aromatic rings. The molecule has 1 atom stereocenters. The van der Waals surface area contributed by atoms with Gasteiger partial charge in [0.15, 0.2) is 8.32 Å². The van der Waals surface area contributed by atoms with Crippen LogP contribution >= 0.6 is 0 Å². The Balaban J connectivity index is 2.16. The van der Waals surface area contributed by atoms with E-state index in [9.17, 15) is 5.11 Å². The summed E-state index contributed by atoms with van der Waals surface area (Å²) in [6, 6.07) is 6.69. The van der Waals surface area contributed by atoms with Crippen LogP contribution in [0, 0.1) is 0 Å². The third kappa shape index (κ3) is 5.27. The highest BCUT2D eigenvalue weighted by Gasteiger charge is 2.38. The highest BCUT2D eigenvalue weighted by atomic mass is 28.4. The van der Waals surface area contributed by atoms with Crippen LogP contribution in [-0.4, -0.2) is 37.4 Å². The zero-order chi connectivity index (χ0) is 19.8. The van der Waals surface area contributed by atoms with Crippen molar-refractivity contribution in [2.24, 2.45) is 4.99 Å². The molecular weight excluding hydrogens is 338 g/mol. The van der Waals surface area contributed by atoms with Crippen LogP contribution in [0.5, 0.6) is 0 Å². The summed E-state index contributed by atoms with van der Waals surface area (Å²) in [6.45, 7) is 18.0. The lowest BCUT2D eigenvalue weighted by Gasteiger charge is -2.37. The van der Waals surface area contributed by atoms with Gasteiger partial charge < -0.3 is 9.53 Å². The zero-order valence-corrected chi connectivity index (χ0v) is 18.9. The highest BCUT2D eigenvalue weighted by Crippen LogP contribution is 2.37. The number of fused-ring (bicyclic) bond motifs is 1. The van der Waals surface area contributed by atoms with Crippen LogP contribution in [0.15, 0.2) is 23.2 Å². The van der Waals surface area contributed by atoms with Crippen molar-refractivity contribution in [2.75, 3.05) is 6.61 Å². The van der Waals surface area contributed by atoms with E-state index in [-0.39, 0.29) is 11.1 Å². The van der Waals surface area contributed by atoms with Crippen LogP contribution in [0.2, 0.25) is 18.1 Å². The van der Waals surface area contributed by atoms with Crippen molar-refractivity contribution >= 4 is 14.0 Å². The summed E-state index contributed by atoms with van der Waals surface area (Å²) < 4.78 is 6.44. The van der Waals surface area contributed by atoms with Gasteiger partial charge in [0.05, 0.1) is 18.2 Å². The second kappa shape index (κ2) is 7.57. The van der Waals surface area contributed by atoms with Crippen molar-refractivity contribution in [3.63, 3.8) is 0 Å². The fourth-order valence-corrected chi connectivity index (χ4v) is 4.17. The maximum absolute atomic E-state index is 10.1. The average molecular weight is 376 g/mol. The molecule has 0 aromatic heterocycles. The summed E-state index contributed by atoms with van der Waals surface area (Å²) in [5.74, 6) is 0. The first-order valence-electron chi connectivity index (χ1n) is 9.82. The lowest BCUT2D eigenvalue weighted by atomic mass is 9.87. The van der Waals surface area contributed by atoms with Gasteiger partial charge in [-0.15, -0.1) is 0 Å². The summed E-state index contributed by atoms with van der Waals surface area (Å²) >= 11 is 0. The molecule has 1 unspecified atom stereocenters. The van der Waals surface area contributed by atoms with Gasteiger partial charge in [-0.3, -0.25) is 4.99 Å². The quantitative estimate of drug-likeness (QED) is 0.699. The Bertz CT molecular complexity index is 666. The first kappa shape index (κ1) is 21.3. The Morgan fingerprint density at radius 2 is 1.85 bits per heavy atom. The SMILES string of the molecule is CC1=NC(CO[Si](C)(C)C(C)(C)C)Cc2c(CCC(C)(C)O)cccc21. The minimum absolute atomic E-state index is 0.194. The van der Waals surface area contributed by atoms with Crippen molar-refractivity contribution < 1.29 is 9.53 Å². The predicted octanol–water partition coefficient (Wildman–Crippen LogP) is 5.15. The molecule has 1 aromatic carbocycles. The number of benzene rings is 1. The average Bonchev–Trinajstić information content (AvgIpc) is 2.49. The van der Waals surface area contributed by atoms with Crippen molar-refractivity contribution in [1.29, 1.82) is 0 Å². The molecule has 0 saturated carbocycles. The minimum atomic E-state index is -1.76. The zero-order valence-electron chi connectivity index (χ0n) is 17.9. The number of aliphatic hydroxyl groups is 1. The summed E-state index contributed by atoms with van der Waals surface area (Å²) in [4.78, 5) is 4.92. The predicted molar refractivity (Wildman–Crippen MR) is 114 cm³/mol. The largest absolute Gasteiger partial charge is 0.415 e. The maximum atomic E-state index is 10.1. The Hall–Kier alpha value is -0.973. The Morgan fingerprint density at radius 1 is 1.19 bits per heavy atom. The molecule has 1 N–H and O–H groups in total. The van der Waals surface area contributed by atoms with Crippen LogP contribution in [-0.2, 0) is 17.3 Å².